The Morgan fingerprint density at radius 1 is 1.30 bits per heavy atom. The monoisotopic (exact) mass is 314 g/mol. The maximum absolute atomic E-state index is 13.3. The van der Waals surface area contributed by atoms with Crippen molar-refractivity contribution < 1.29 is 4.39 Å². The summed E-state index contributed by atoms with van der Waals surface area (Å²) in [6, 6.07) is 9.33. The first kappa shape index (κ1) is 15.9. The summed E-state index contributed by atoms with van der Waals surface area (Å²) in [6.45, 7) is 4.81. The molecule has 1 saturated heterocycles. The quantitative estimate of drug-likeness (QED) is 0.868. The first-order valence-electron chi connectivity index (χ1n) is 8.10. The molecule has 0 N–H and O–H groups in total. The van der Waals surface area contributed by atoms with E-state index in [0.29, 0.717) is 6.04 Å². The second kappa shape index (κ2) is 7.04. The lowest BCUT2D eigenvalue weighted by atomic mass is 10.0. The van der Waals surface area contributed by atoms with E-state index in [4.69, 9.17) is 0 Å². The molecule has 3 rings (SSSR count). The lowest BCUT2D eigenvalue weighted by Gasteiger charge is -2.38. The zero-order valence-electron chi connectivity index (χ0n) is 13.7. The average Bonchev–Trinajstić information content (AvgIpc) is 2.54. The maximum Gasteiger partial charge on any atom is 0.132 e. The van der Waals surface area contributed by atoms with Gasteiger partial charge in [0, 0.05) is 37.9 Å². The Labute approximate surface area is 137 Å². The Morgan fingerprint density at radius 2 is 2.17 bits per heavy atom. The molecular weight excluding hydrogens is 291 g/mol. The second-order valence-electron chi connectivity index (χ2n) is 6.29. The molecule has 1 aliphatic heterocycles. The van der Waals surface area contributed by atoms with Crippen LogP contribution in [0.3, 0.4) is 0 Å². The molecule has 1 fully saturated rings. The number of likely N-dealkylation sites (N-methyl/N-ethyl adjacent to an activating group) is 1. The van der Waals surface area contributed by atoms with Gasteiger partial charge in [0.1, 0.15) is 18.0 Å². The second-order valence-corrected chi connectivity index (χ2v) is 6.29. The van der Waals surface area contributed by atoms with Crippen LogP contribution in [0.4, 0.5) is 10.2 Å². The summed E-state index contributed by atoms with van der Waals surface area (Å²) in [5.41, 5.74) is 2.01. The number of hydrogen-bond acceptors (Lipinski definition) is 4. The summed E-state index contributed by atoms with van der Waals surface area (Å²) in [4.78, 5) is 13.2. The molecule has 23 heavy (non-hydrogen) atoms. The summed E-state index contributed by atoms with van der Waals surface area (Å²) in [7, 11) is 2.10. The average molecular weight is 314 g/mol. The molecule has 0 radical (unpaired) electrons. The fourth-order valence-corrected chi connectivity index (χ4v) is 3.20. The van der Waals surface area contributed by atoms with Crippen LogP contribution in [0, 0.1) is 12.7 Å². The lowest BCUT2D eigenvalue weighted by molar-refractivity contribution is 0.198. The van der Waals surface area contributed by atoms with Crippen molar-refractivity contribution in [2.75, 3.05) is 25.0 Å². The fraction of sp³-hybridized carbons (Fsp3) is 0.444. The summed E-state index contributed by atoms with van der Waals surface area (Å²) in [5, 5.41) is 0. The van der Waals surface area contributed by atoms with Crippen molar-refractivity contribution in [2.24, 2.45) is 0 Å². The Balaban J connectivity index is 1.66. The third-order valence-electron chi connectivity index (χ3n) is 4.47. The first-order valence-corrected chi connectivity index (χ1v) is 8.10. The normalized spacial score (nSPS) is 18.8. The predicted octanol–water partition coefficient (Wildman–Crippen LogP) is 3.02. The van der Waals surface area contributed by atoms with Gasteiger partial charge < -0.3 is 4.90 Å². The van der Waals surface area contributed by atoms with Gasteiger partial charge in [0.25, 0.3) is 0 Å². The van der Waals surface area contributed by atoms with Crippen molar-refractivity contribution in [1.82, 2.24) is 14.9 Å². The third kappa shape index (κ3) is 4.05. The van der Waals surface area contributed by atoms with Gasteiger partial charge in [-0.25, -0.2) is 14.4 Å². The van der Waals surface area contributed by atoms with Crippen molar-refractivity contribution in [3.8, 4) is 0 Å². The summed E-state index contributed by atoms with van der Waals surface area (Å²) < 4.78 is 13.3. The molecule has 122 valence electrons. The van der Waals surface area contributed by atoms with Gasteiger partial charge in [-0.2, -0.15) is 0 Å². The molecule has 4 nitrogen and oxygen atoms in total. The third-order valence-corrected chi connectivity index (χ3v) is 4.47. The highest BCUT2D eigenvalue weighted by atomic mass is 19.1. The van der Waals surface area contributed by atoms with E-state index >= 15 is 0 Å². The van der Waals surface area contributed by atoms with Crippen LogP contribution in [0.15, 0.2) is 36.7 Å². The SMILES string of the molecule is Cc1cc(N(C)C2CCCN(Cc3cccc(F)c3)C2)ncn1. The predicted molar refractivity (Wildman–Crippen MR) is 89.9 cm³/mol. The molecule has 0 amide bonds. The van der Waals surface area contributed by atoms with Crippen LogP contribution in [0.25, 0.3) is 0 Å². The molecule has 0 spiro atoms. The molecule has 1 aromatic heterocycles. The molecule has 2 aromatic rings. The van der Waals surface area contributed by atoms with Crippen molar-refractivity contribution >= 4 is 5.82 Å². The van der Waals surface area contributed by atoms with Gasteiger partial charge in [0.2, 0.25) is 0 Å². The minimum Gasteiger partial charge on any atom is -0.355 e. The van der Waals surface area contributed by atoms with E-state index < -0.39 is 0 Å². The highest BCUT2D eigenvalue weighted by Gasteiger charge is 2.24. The van der Waals surface area contributed by atoms with E-state index in [9.17, 15) is 4.39 Å². The molecule has 0 saturated carbocycles. The minimum absolute atomic E-state index is 0.162. The molecule has 1 aromatic carbocycles. The van der Waals surface area contributed by atoms with Gasteiger partial charge in [-0.05, 0) is 44.0 Å². The van der Waals surface area contributed by atoms with Gasteiger partial charge in [0.05, 0.1) is 0 Å². The zero-order chi connectivity index (χ0) is 16.2. The van der Waals surface area contributed by atoms with Crippen LogP contribution in [-0.2, 0) is 6.54 Å². The topological polar surface area (TPSA) is 32.3 Å². The van der Waals surface area contributed by atoms with Crippen LogP contribution in [0.5, 0.6) is 0 Å². The molecule has 0 aliphatic carbocycles. The first-order chi connectivity index (χ1) is 11.1. The van der Waals surface area contributed by atoms with E-state index in [1.54, 1.807) is 18.5 Å². The number of hydrogen-bond donors (Lipinski definition) is 0. The van der Waals surface area contributed by atoms with E-state index in [2.05, 4.69) is 26.8 Å². The number of aromatic nitrogens is 2. The van der Waals surface area contributed by atoms with Gasteiger partial charge in [-0.3, -0.25) is 4.90 Å². The van der Waals surface area contributed by atoms with Crippen molar-refractivity contribution in [1.29, 1.82) is 0 Å². The number of piperidine rings is 1. The summed E-state index contributed by atoms with van der Waals surface area (Å²) in [5.74, 6) is 0.805. The van der Waals surface area contributed by atoms with Crippen LogP contribution in [0.2, 0.25) is 0 Å². The number of rotatable bonds is 4. The number of nitrogens with zero attached hydrogens (tertiary/aromatic N) is 4. The highest BCUT2D eigenvalue weighted by molar-refractivity contribution is 5.39. The zero-order valence-corrected chi connectivity index (χ0v) is 13.7. The molecule has 0 bridgehead atoms. The van der Waals surface area contributed by atoms with Crippen molar-refractivity contribution in [3.05, 3.63) is 53.7 Å². The van der Waals surface area contributed by atoms with Crippen LogP contribution >= 0.6 is 0 Å². The molecule has 5 heteroatoms. The molecule has 1 atom stereocenters. The van der Waals surface area contributed by atoms with E-state index in [1.807, 2.05) is 19.1 Å². The van der Waals surface area contributed by atoms with Crippen molar-refractivity contribution in [3.63, 3.8) is 0 Å². The fourth-order valence-electron chi connectivity index (χ4n) is 3.20. The lowest BCUT2D eigenvalue weighted by Crippen LogP contribution is -2.46. The Bertz CT molecular complexity index is 661. The van der Waals surface area contributed by atoms with Gasteiger partial charge in [-0.1, -0.05) is 12.1 Å². The summed E-state index contributed by atoms with van der Waals surface area (Å²) in [6.07, 6.45) is 3.92. The molecular formula is C18H23FN4. The standard InChI is InChI=1S/C18H23FN4/c1-14-9-18(21-13-20-14)22(2)17-7-4-8-23(12-17)11-15-5-3-6-16(19)10-15/h3,5-6,9-10,13,17H,4,7-8,11-12H2,1-2H3. The van der Waals surface area contributed by atoms with Gasteiger partial charge in [-0.15, -0.1) is 0 Å². The van der Waals surface area contributed by atoms with Gasteiger partial charge in [0.15, 0.2) is 0 Å². The number of anilines is 1. The number of benzene rings is 1. The Morgan fingerprint density at radius 3 is 2.96 bits per heavy atom. The van der Waals surface area contributed by atoms with Crippen LogP contribution < -0.4 is 4.90 Å². The Hall–Kier alpha value is -2.01. The maximum atomic E-state index is 13.3. The largest absolute Gasteiger partial charge is 0.355 e. The number of halogens is 1. The van der Waals surface area contributed by atoms with Crippen LogP contribution in [-0.4, -0.2) is 41.0 Å². The number of likely N-dealkylation sites (tertiary alicyclic amines) is 1. The van der Waals surface area contributed by atoms with Crippen molar-refractivity contribution in [2.45, 2.75) is 32.4 Å². The smallest absolute Gasteiger partial charge is 0.132 e. The van der Waals surface area contributed by atoms with E-state index in [0.717, 1.165) is 49.6 Å². The minimum atomic E-state index is -0.162. The molecule has 1 unspecified atom stereocenters. The highest BCUT2D eigenvalue weighted by Crippen LogP contribution is 2.21. The summed E-state index contributed by atoms with van der Waals surface area (Å²) >= 11 is 0. The van der Waals surface area contributed by atoms with Gasteiger partial charge >= 0.3 is 0 Å². The Kier molecular flexibility index (Phi) is 4.86. The number of aryl methyl sites for hydroxylation is 1. The van der Waals surface area contributed by atoms with Crippen LogP contribution in [0.1, 0.15) is 24.1 Å². The molecule has 2 heterocycles. The molecule has 1 aliphatic rings. The van der Waals surface area contributed by atoms with E-state index in [-0.39, 0.29) is 5.82 Å². The van der Waals surface area contributed by atoms with E-state index in [1.165, 1.54) is 6.07 Å².